The van der Waals surface area contributed by atoms with Crippen molar-refractivity contribution < 1.29 is 9.94 Å². The van der Waals surface area contributed by atoms with E-state index < -0.39 is 0 Å². The molecule has 4 rings (SSSR count). The van der Waals surface area contributed by atoms with Crippen LogP contribution < -0.4 is 15.8 Å². The summed E-state index contributed by atoms with van der Waals surface area (Å²) < 4.78 is 7.63. The SMILES string of the molecule is CCCCc1nc(C)n(-c2ccc(OC(C)C)c(C)c2)c(=O)c1Cc1ccc(-c2ccccc2C(=NC)NO)cc1. The molecule has 7 nitrogen and oxygen atoms in total. The van der Waals surface area contributed by atoms with Gasteiger partial charge in [0.2, 0.25) is 0 Å². The minimum absolute atomic E-state index is 0.0345. The number of ether oxygens (including phenoxy) is 1. The van der Waals surface area contributed by atoms with Crippen LogP contribution in [0.25, 0.3) is 16.8 Å². The number of aliphatic imine (C=N–C) groups is 1. The predicted octanol–water partition coefficient (Wildman–Crippen LogP) is 6.59. The topological polar surface area (TPSA) is 88.7 Å². The monoisotopic (exact) mass is 552 g/mol. The first kappa shape index (κ1) is 29.7. The number of nitrogens with zero attached hydrogens (tertiary/aromatic N) is 3. The molecule has 214 valence electrons. The lowest BCUT2D eigenvalue weighted by Gasteiger charge is -2.18. The Balaban J connectivity index is 1.73. The largest absolute Gasteiger partial charge is 0.491 e. The normalized spacial score (nSPS) is 11.7. The first-order valence-electron chi connectivity index (χ1n) is 14.2. The molecule has 2 N–H and O–H groups in total. The van der Waals surface area contributed by atoms with Crippen molar-refractivity contribution in [1.29, 1.82) is 0 Å². The number of amidine groups is 1. The van der Waals surface area contributed by atoms with Gasteiger partial charge in [-0.25, -0.2) is 4.98 Å². The number of aromatic nitrogens is 2. The highest BCUT2D eigenvalue weighted by Gasteiger charge is 2.18. The van der Waals surface area contributed by atoms with Crippen molar-refractivity contribution in [3.05, 3.63) is 111 Å². The Morgan fingerprint density at radius 3 is 2.44 bits per heavy atom. The maximum Gasteiger partial charge on any atom is 0.261 e. The molecule has 0 fully saturated rings. The molecule has 0 unspecified atom stereocenters. The molecule has 0 spiro atoms. The predicted molar refractivity (Wildman–Crippen MR) is 166 cm³/mol. The van der Waals surface area contributed by atoms with Gasteiger partial charge in [0.15, 0.2) is 5.84 Å². The van der Waals surface area contributed by atoms with Crippen LogP contribution in [0.15, 0.2) is 76.5 Å². The number of nitrogens with one attached hydrogen (secondary N) is 1. The summed E-state index contributed by atoms with van der Waals surface area (Å²) in [6, 6.07) is 21.8. The number of unbranched alkanes of at least 4 members (excludes halogenated alkanes) is 1. The molecule has 0 aliphatic rings. The number of hydrogen-bond acceptors (Lipinski definition) is 5. The van der Waals surface area contributed by atoms with Crippen molar-refractivity contribution >= 4 is 5.84 Å². The van der Waals surface area contributed by atoms with Gasteiger partial charge in [-0.3, -0.25) is 25.0 Å². The Hall–Kier alpha value is -4.23. The highest BCUT2D eigenvalue weighted by Crippen LogP contribution is 2.26. The maximum atomic E-state index is 14.1. The molecular weight excluding hydrogens is 512 g/mol. The number of hydroxylamine groups is 1. The average molecular weight is 553 g/mol. The molecule has 1 aromatic heterocycles. The highest BCUT2D eigenvalue weighted by atomic mass is 16.5. The van der Waals surface area contributed by atoms with E-state index in [1.54, 1.807) is 11.6 Å². The molecule has 41 heavy (non-hydrogen) atoms. The summed E-state index contributed by atoms with van der Waals surface area (Å²) >= 11 is 0. The lowest BCUT2D eigenvalue weighted by molar-refractivity contribution is 0.235. The lowest BCUT2D eigenvalue weighted by atomic mass is 9.96. The molecule has 0 saturated carbocycles. The fraction of sp³-hybridized carbons (Fsp3) is 0.324. The number of benzene rings is 3. The molecule has 0 aliphatic carbocycles. The Kier molecular flexibility index (Phi) is 9.73. The van der Waals surface area contributed by atoms with Gasteiger partial charge in [-0.2, -0.15) is 0 Å². The molecule has 0 radical (unpaired) electrons. The summed E-state index contributed by atoms with van der Waals surface area (Å²) in [6.45, 7) is 10.0. The zero-order valence-electron chi connectivity index (χ0n) is 24.9. The van der Waals surface area contributed by atoms with Crippen LogP contribution in [0, 0.1) is 13.8 Å². The Morgan fingerprint density at radius 1 is 1.07 bits per heavy atom. The summed E-state index contributed by atoms with van der Waals surface area (Å²) in [5, 5.41) is 9.54. The average Bonchev–Trinajstić information content (AvgIpc) is 2.96. The summed E-state index contributed by atoms with van der Waals surface area (Å²) in [5.41, 5.74) is 9.28. The molecule has 0 aliphatic heterocycles. The van der Waals surface area contributed by atoms with Gasteiger partial charge < -0.3 is 4.74 Å². The molecule has 3 aromatic carbocycles. The van der Waals surface area contributed by atoms with Crippen molar-refractivity contribution in [2.75, 3.05) is 7.05 Å². The van der Waals surface area contributed by atoms with Crippen LogP contribution in [0.1, 0.15) is 67.4 Å². The molecular formula is C34H40N4O3. The second-order valence-electron chi connectivity index (χ2n) is 10.5. The van der Waals surface area contributed by atoms with Crippen LogP contribution in [0.5, 0.6) is 5.75 Å². The zero-order chi connectivity index (χ0) is 29.5. The van der Waals surface area contributed by atoms with Crippen LogP contribution >= 0.6 is 0 Å². The lowest BCUT2D eigenvalue weighted by Crippen LogP contribution is -2.28. The van der Waals surface area contributed by atoms with Gasteiger partial charge in [-0.1, -0.05) is 61.9 Å². The second kappa shape index (κ2) is 13.4. The first-order chi connectivity index (χ1) is 19.8. The summed E-state index contributed by atoms with van der Waals surface area (Å²) in [7, 11) is 1.63. The third-order valence-corrected chi connectivity index (χ3v) is 7.13. The van der Waals surface area contributed by atoms with Crippen molar-refractivity contribution in [2.24, 2.45) is 4.99 Å². The van der Waals surface area contributed by atoms with Crippen molar-refractivity contribution in [1.82, 2.24) is 15.0 Å². The minimum Gasteiger partial charge on any atom is -0.491 e. The van der Waals surface area contributed by atoms with E-state index in [1.807, 2.05) is 82.3 Å². The van der Waals surface area contributed by atoms with E-state index >= 15 is 0 Å². The standard InChI is InChI=1S/C34H40N4O3/c1-7-8-13-31-30(34(39)38(24(5)36-31)27-18-19-32(23(4)20-27)41-22(2)3)21-25-14-16-26(17-15-25)28-11-9-10-12-29(28)33(35-6)37-40/h9-12,14-20,22,40H,7-8,13,21H2,1-6H3,(H,35,37). The zero-order valence-corrected chi connectivity index (χ0v) is 24.9. The minimum atomic E-state index is -0.0345. The van der Waals surface area contributed by atoms with E-state index in [0.29, 0.717) is 18.1 Å². The highest BCUT2D eigenvalue weighted by molar-refractivity contribution is 6.03. The van der Waals surface area contributed by atoms with Crippen LogP contribution in [-0.4, -0.2) is 33.7 Å². The van der Waals surface area contributed by atoms with E-state index in [9.17, 15) is 10.0 Å². The van der Waals surface area contributed by atoms with Gasteiger partial charge in [0.25, 0.3) is 5.56 Å². The van der Waals surface area contributed by atoms with E-state index in [0.717, 1.165) is 69.8 Å². The fourth-order valence-electron chi connectivity index (χ4n) is 5.09. The summed E-state index contributed by atoms with van der Waals surface area (Å²) in [5.74, 6) is 1.89. The van der Waals surface area contributed by atoms with Crippen molar-refractivity contribution in [3.8, 4) is 22.6 Å². The maximum absolute atomic E-state index is 14.1. The Bertz CT molecular complexity index is 1590. The van der Waals surface area contributed by atoms with Gasteiger partial charge >= 0.3 is 0 Å². The van der Waals surface area contributed by atoms with E-state index in [4.69, 9.17) is 9.72 Å². The van der Waals surface area contributed by atoms with Crippen LogP contribution in [-0.2, 0) is 12.8 Å². The Labute approximate surface area is 242 Å². The fourth-order valence-corrected chi connectivity index (χ4v) is 5.09. The summed E-state index contributed by atoms with van der Waals surface area (Å²) in [6.07, 6.45) is 3.32. The van der Waals surface area contributed by atoms with Crippen molar-refractivity contribution in [2.45, 2.75) is 66.4 Å². The summed E-state index contributed by atoms with van der Waals surface area (Å²) in [4.78, 5) is 23.2. The molecule has 0 atom stereocenters. The number of aryl methyl sites for hydroxylation is 3. The van der Waals surface area contributed by atoms with Crippen LogP contribution in [0.4, 0.5) is 0 Å². The number of hydrogen-bond donors (Lipinski definition) is 2. The second-order valence-corrected chi connectivity index (χ2v) is 10.5. The smallest absolute Gasteiger partial charge is 0.261 e. The quantitative estimate of drug-likeness (QED) is 0.132. The van der Waals surface area contributed by atoms with Crippen LogP contribution in [0.3, 0.4) is 0 Å². The van der Waals surface area contributed by atoms with E-state index in [1.165, 1.54) is 0 Å². The Morgan fingerprint density at radius 2 is 1.80 bits per heavy atom. The van der Waals surface area contributed by atoms with Gasteiger partial charge in [0.1, 0.15) is 11.6 Å². The number of rotatable bonds is 10. The van der Waals surface area contributed by atoms with Gasteiger partial charge in [-0.15, -0.1) is 0 Å². The van der Waals surface area contributed by atoms with Gasteiger partial charge in [-0.05, 0) is 81.0 Å². The van der Waals surface area contributed by atoms with Gasteiger partial charge in [0.05, 0.1) is 17.5 Å². The molecule has 0 bridgehead atoms. The van der Waals surface area contributed by atoms with Crippen molar-refractivity contribution in [3.63, 3.8) is 0 Å². The first-order valence-corrected chi connectivity index (χ1v) is 14.2. The molecule has 4 aromatic rings. The third kappa shape index (κ3) is 6.74. The van der Waals surface area contributed by atoms with E-state index in [-0.39, 0.29) is 11.7 Å². The molecule has 0 saturated heterocycles. The molecule has 7 heteroatoms. The van der Waals surface area contributed by atoms with Crippen LogP contribution in [0.2, 0.25) is 0 Å². The third-order valence-electron chi connectivity index (χ3n) is 7.13. The van der Waals surface area contributed by atoms with E-state index in [2.05, 4.69) is 29.5 Å². The van der Waals surface area contributed by atoms with Gasteiger partial charge in [0, 0.05) is 24.6 Å². The molecule has 0 amide bonds. The molecule has 1 heterocycles.